The second-order valence-electron chi connectivity index (χ2n) is 5.58. The maximum Gasteiger partial charge on any atom is 0.332 e. The minimum atomic E-state index is -1.47. The molecule has 0 aromatic heterocycles. The Morgan fingerprint density at radius 1 is 1.40 bits per heavy atom. The SMILES string of the molecule is O=C(NCC[C@H](O)C(=O)O)C1CC(=O)N(CC2CC2)C1. The first kappa shape index (κ1) is 14.8. The molecular weight excluding hydrogens is 264 g/mol. The van der Waals surface area contributed by atoms with E-state index in [0.29, 0.717) is 12.5 Å². The molecule has 0 bridgehead atoms. The number of amides is 2. The van der Waals surface area contributed by atoms with Crippen molar-refractivity contribution in [2.24, 2.45) is 11.8 Å². The summed E-state index contributed by atoms with van der Waals surface area (Å²) in [7, 11) is 0. The van der Waals surface area contributed by atoms with Gasteiger partial charge in [-0.1, -0.05) is 0 Å². The number of nitrogens with one attached hydrogen (secondary N) is 1. The fourth-order valence-corrected chi connectivity index (χ4v) is 2.34. The zero-order valence-electron chi connectivity index (χ0n) is 11.2. The predicted molar refractivity (Wildman–Crippen MR) is 68.7 cm³/mol. The van der Waals surface area contributed by atoms with E-state index >= 15 is 0 Å². The fourth-order valence-electron chi connectivity index (χ4n) is 2.34. The molecule has 0 spiro atoms. The van der Waals surface area contributed by atoms with Crippen LogP contribution < -0.4 is 5.32 Å². The Bertz CT molecular complexity index is 408. The van der Waals surface area contributed by atoms with Crippen LogP contribution in [0.2, 0.25) is 0 Å². The highest BCUT2D eigenvalue weighted by atomic mass is 16.4. The fraction of sp³-hybridized carbons (Fsp3) is 0.769. The van der Waals surface area contributed by atoms with Crippen LogP contribution in [-0.4, -0.2) is 58.6 Å². The molecule has 1 aliphatic carbocycles. The molecule has 1 saturated carbocycles. The molecule has 2 fully saturated rings. The molecule has 1 aliphatic heterocycles. The Morgan fingerprint density at radius 3 is 2.70 bits per heavy atom. The predicted octanol–water partition coefficient (Wildman–Crippen LogP) is -0.803. The van der Waals surface area contributed by atoms with E-state index in [1.807, 2.05) is 0 Å². The van der Waals surface area contributed by atoms with Crippen molar-refractivity contribution in [3.8, 4) is 0 Å². The molecule has 1 unspecified atom stereocenters. The van der Waals surface area contributed by atoms with Crippen molar-refractivity contribution in [1.29, 1.82) is 0 Å². The zero-order valence-corrected chi connectivity index (χ0v) is 11.2. The summed E-state index contributed by atoms with van der Waals surface area (Å²) >= 11 is 0. The van der Waals surface area contributed by atoms with E-state index in [-0.39, 0.29) is 37.1 Å². The van der Waals surface area contributed by atoms with Gasteiger partial charge >= 0.3 is 5.97 Å². The molecule has 1 saturated heterocycles. The van der Waals surface area contributed by atoms with Crippen LogP contribution in [0.5, 0.6) is 0 Å². The van der Waals surface area contributed by atoms with Crippen LogP contribution in [0.15, 0.2) is 0 Å². The summed E-state index contributed by atoms with van der Waals surface area (Å²) in [6, 6.07) is 0. The van der Waals surface area contributed by atoms with Crippen molar-refractivity contribution in [3.63, 3.8) is 0 Å². The van der Waals surface area contributed by atoms with Gasteiger partial charge in [0.15, 0.2) is 6.10 Å². The minimum Gasteiger partial charge on any atom is -0.479 e. The Morgan fingerprint density at radius 2 is 2.10 bits per heavy atom. The lowest BCUT2D eigenvalue weighted by Gasteiger charge is -2.16. The Kier molecular flexibility index (Phi) is 4.59. The van der Waals surface area contributed by atoms with E-state index in [0.717, 1.165) is 19.4 Å². The van der Waals surface area contributed by atoms with Crippen LogP contribution in [0.3, 0.4) is 0 Å². The van der Waals surface area contributed by atoms with Gasteiger partial charge in [-0.25, -0.2) is 4.79 Å². The van der Waals surface area contributed by atoms with Crippen LogP contribution in [0.25, 0.3) is 0 Å². The first-order valence-electron chi connectivity index (χ1n) is 6.93. The van der Waals surface area contributed by atoms with Gasteiger partial charge in [-0.15, -0.1) is 0 Å². The summed E-state index contributed by atoms with van der Waals surface area (Å²) in [5, 5.41) is 20.2. The number of hydrogen-bond donors (Lipinski definition) is 3. The van der Waals surface area contributed by atoms with Gasteiger partial charge in [0.1, 0.15) is 0 Å². The summed E-state index contributed by atoms with van der Waals surface area (Å²) < 4.78 is 0. The average Bonchev–Trinajstić information content (AvgIpc) is 3.12. The summed E-state index contributed by atoms with van der Waals surface area (Å²) in [5.41, 5.74) is 0. The number of carbonyl (C=O) groups is 3. The van der Waals surface area contributed by atoms with Gasteiger partial charge in [-0.2, -0.15) is 0 Å². The van der Waals surface area contributed by atoms with Crippen LogP contribution in [0.1, 0.15) is 25.7 Å². The molecule has 0 radical (unpaired) electrons. The van der Waals surface area contributed by atoms with Crippen LogP contribution in [0, 0.1) is 11.8 Å². The Hall–Kier alpha value is -1.63. The second-order valence-corrected chi connectivity index (χ2v) is 5.58. The Labute approximate surface area is 116 Å². The van der Waals surface area contributed by atoms with Crippen molar-refractivity contribution in [2.45, 2.75) is 31.8 Å². The van der Waals surface area contributed by atoms with Gasteiger partial charge in [0.25, 0.3) is 0 Å². The van der Waals surface area contributed by atoms with E-state index < -0.39 is 12.1 Å². The summed E-state index contributed by atoms with van der Waals surface area (Å²) in [6.45, 7) is 1.29. The quantitative estimate of drug-likeness (QED) is 0.567. The van der Waals surface area contributed by atoms with E-state index in [2.05, 4.69) is 5.32 Å². The van der Waals surface area contributed by atoms with Gasteiger partial charge in [0.05, 0.1) is 5.92 Å². The van der Waals surface area contributed by atoms with E-state index in [1.165, 1.54) is 0 Å². The van der Waals surface area contributed by atoms with E-state index in [9.17, 15) is 14.4 Å². The van der Waals surface area contributed by atoms with Crippen molar-refractivity contribution < 1.29 is 24.6 Å². The number of carbonyl (C=O) groups excluding carboxylic acids is 2. The zero-order chi connectivity index (χ0) is 14.7. The van der Waals surface area contributed by atoms with Gasteiger partial charge in [0, 0.05) is 32.5 Å². The van der Waals surface area contributed by atoms with Crippen LogP contribution in [-0.2, 0) is 14.4 Å². The molecule has 2 aliphatic rings. The number of carboxylic acids is 1. The number of hydrogen-bond acceptors (Lipinski definition) is 4. The molecule has 2 rings (SSSR count). The van der Waals surface area contributed by atoms with E-state index in [4.69, 9.17) is 10.2 Å². The lowest BCUT2D eigenvalue weighted by Crippen LogP contribution is -2.35. The molecule has 2 amide bonds. The van der Waals surface area contributed by atoms with Crippen molar-refractivity contribution in [2.75, 3.05) is 19.6 Å². The summed E-state index contributed by atoms with van der Waals surface area (Å²) in [6.07, 6.45) is 1.04. The van der Waals surface area contributed by atoms with E-state index in [1.54, 1.807) is 4.90 Å². The minimum absolute atomic E-state index is 0.0163. The van der Waals surface area contributed by atoms with Crippen molar-refractivity contribution in [1.82, 2.24) is 10.2 Å². The molecule has 2 atom stereocenters. The lowest BCUT2D eigenvalue weighted by atomic mass is 10.1. The number of aliphatic carboxylic acids is 1. The molecule has 0 aromatic carbocycles. The molecule has 20 heavy (non-hydrogen) atoms. The van der Waals surface area contributed by atoms with Crippen LogP contribution in [0.4, 0.5) is 0 Å². The number of likely N-dealkylation sites (tertiary alicyclic amines) is 1. The largest absolute Gasteiger partial charge is 0.479 e. The maximum atomic E-state index is 11.9. The third-order valence-corrected chi connectivity index (χ3v) is 3.76. The molecule has 0 aromatic rings. The molecular formula is C13H20N2O5. The topological polar surface area (TPSA) is 107 Å². The normalized spacial score (nSPS) is 23.8. The molecule has 112 valence electrons. The highest BCUT2D eigenvalue weighted by Crippen LogP contribution is 2.31. The molecule has 7 nitrogen and oxygen atoms in total. The van der Waals surface area contributed by atoms with Crippen molar-refractivity contribution >= 4 is 17.8 Å². The summed E-state index contributed by atoms with van der Waals surface area (Å²) in [5.74, 6) is -1.28. The first-order valence-corrected chi connectivity index (χ1v) is 6.93. The molecule has 7 heteroatoms. The van der Waals surface area contributed by atoms with Gasteiger partial charge in [-0.05, 0) is 18.8 Å². The monoisotopic (exact) mass is 284 g/mol. The van der Waals surface area contributed by atoms with Gasteiger partial charge in [-0.3, -0.25) is 9.59 Å². The highest BCUT2D eigenvalue weighted by molar-refractivity contribution is 5.89. The third-order valence-electron chi connectivity index (χ3n) is 3.76. The van der Waals surface area contributed by atoms with Gasteiger partial charge < -0.3 is 20.4 Å². The standard InChI is InChI=1S/C13H20N2O5/c16-10(13(19)20)3-4-14-12(18)9-5-11(17)15(7-9)6-8-1-2-8/h8-10,16H,1-7H2,(H,14,18)(H,19,20)/t9?,10-/m0/s1. The Balaban J connectivity index is 1.70. The summed E-state index contributed by atoms with van der Waals surface area (Å²) in [4.78, 5) is 35.8. The smallest absolute Gasteiger partial charge is 0.332 e. The number of aliphatic hydroxyl groups excluding tert-OH is 1. The van der Waals surface area contributed by atoms with Crippen molar-refractivity contribution in [3.05, 3.63) is 0 Å². The number of aliphatic hydroxyl groups is 1. The number of rotatable bonds is 7. The van der Waals surface area contributed by atoms with Gasteiger partial charge in [0.2, 0.25) is 11.8 Å². The molecule has 1 heterocycles. The lowest BCUT2D eigenvalue weighted by molar-refractivity contribution is -0.147. The second kappa shape index (κ2) is 6.21. The molecule has 3 N–H and O–H groups in total. The third kappa shape index (κ3) is 3.93. The highest BCUT2D eigenvalue weighted by Gasteiger charge is 2.36. The number of carboxylic acid groups (broad SMARTS) is 1. The maximum absolute atomic E-state index is 11.9. The average molecular weight is 284 g/mol. The van der Waals surface area contributed by atoms with Crippen LogP contribution >= 0.6 is 0 Å². The number of nitrogens with zero attached hydrogens (tertiary/aromatic N) is 1. The first-order chi connectivity index (χ1) is 9.47.